The van der Waals surface area contributed by atoms with Crippen LogP contribution in [0.2, 0.25) is 0 Å². The summed E-state index contributed by atoms with van der Waals surface area (Å²) in [4.78, 5) is 25.7. The number of H-pyrrole nitrogens is 1. The van der Waals surface area contributed by atoms with Crippen molar-refractivity contribution in [1.82, 2.24) is 10.3 Å². The summed E-state index contributed by atoms with van der Waals surface area (Å²) >= 11 is 0. The van der Waals surface area contributed by atoms with Gasteiger partial charge in [0.1, 0.15) is 0 Å². The van der Waals surface area contributed by atoms with Gasteiger partial charge in [-0.3, -0.25) is 9.59 Å². The van der Waals surface area contributed by atoms with Gasteiger partial charge in [0.2, 0.25) is 5.91 Å². The Morgan fingerprint density at radius 2 is 2.15 bits per heavy atom. The van der Waals surface area contributed by atoms with Gasteiger partial charge in [0.25, 0.3) is 0 Å². The van der Waals surface area contributed by atoms with Crippen molar-refractivity contribution in [2.45, 2.75) is 20.3 Å². The van der Waals surface area contributed by atoms with Crippen molar-refractivity contribution in [2.24, 2.45) is 5.92 Å². The molecule has 5 nitrogen and oxygen atoms in total. The maximum absolute atomic E-state index is 11.9. The minimum Gasteiger partial charge on any atom is -0.481 e. The number of aromatic nitrogens is 1. The number of benzene rings is 1. The van der Waals surface area contributed by atoms with Gasteiger partial charge in [0, 0.05) is 23.6 Å². The molecule has 0 saturated carbocycles. The van der Waals surface area contributed by atoms with Crippen LogP contribution in [0, 0.1) is 12.8 Å². The number of aryl methyl sites for hydroxylation is 1. The number of aromatic amines is 1. The summed E-state index contributed by atoms with van der Waals surface area (Å²) in [6, 6.07) is 5.94. The minimum atomic E-state index is -0.909. The first-order valence-electron chi connectivity index (χ1n) is 6.54. The monoisotopic (exact) mass is 274 g/mol. The average molecular weight is 274 g/mol. The molecule has 1 heterocycles. The summed E-state index contributed by atoms with van der Waals surface area (Å²) in [7, 11) is 0. The highest BCUT2D eigenvalue weighted by molar-refractivity contribution is 5.91. The highest BCUT2D eigenvalue weighted by Crippen LogP contribution is 2.22. The number of hydrogen-bond donors (Lipinski definition) is 3. The number of carbonyl (C=O) groups excluding carboxylic acids is 1. The van der Waals surface area contributed by atoms with Crippen LogP contribution in [0.15, 0.2) is 24.4 Å². The van der Waals surface area contributed by atoms with Crippen molar-refractivity contribution in [1.29, 1.82) is 0 Å². The molecule has 1 amide bonds. The largest absolute Gasteiger partial charge is 0.481 e. The van der Waals surface area contributed by atoms with Gasteiger partial charge < -0.3 is 15.4 Å². The van der Waals surface area contributed by atoms with Crippen molar-refractivity contribution >= 4 is 22.8 Å². The van der Waals surface area contributed by atoms with Crippen LogP contribution in [0.5, 0.6) is 0 Å². The molecule has 0 aliphatic heterocycles. The second kappa shape index (κ2) is 5.77. The number of amides is 1. The number of carboxylic acid groups (broad SMARTS) is 1. The predicted molar refractivity (Wildman–Crippen MR) is 76.5 cm³/mol. The third kappa shape index (κ3) is 2.99. The lowest BCUT2D eigenvalue weighted by Crippen LogP contribution is -2.32. The summed E-state index contributed by atoms with van der Waals surface area (Å²) in [6.07, 6.45) is 2.08. The molecule has 0 saturated heterocycles. The van der Waals surface area contributed by atoms with Crippen molar-refractivity contribution < 1.29 is 14.7 Å². The third-order valence-corrected chi connectivity index (χ3v) is 3.37. The van der Waals surface area contributed by atoms with E-state index < -0.39 is 11.9 Å². The quantitative estimate of drug-likeness (QED) is 0.778. The summed E-state index contributed by atoms with van der Waals surface area (Å²) in [5.74, 6) is -1.65. The lowest BCUT2D eigenvalue weighted by atomic mass is 10.1. The standard InChI is InChI=1S/C15H18N2O3/c1-9-4-3-5-12-14(9)11(8-16-12)6-13(18)17-7-10(2)15(19)20/h3-5,8,10,16H,6-7H2,1-2H3,(H,17,18)(H,19,20). The molecule has 0 radical (unpaired) electrons. The first kappa shape index (κ1) is 14.1. The highest BCUT2D eigenvalue weighted by atomic mass is 16.4. The van der Waals surface area contributed by atoms with Crippen LogP contribution in [-0.2, 0) is 16.0 Å². The van der Waals surface area contributed by atoms with Gasteiger partial charge in [0.05, 0.1) is 12.3 Å². The lowest BCUT2D eigenvalue weighted by molar-refractivity contribution is -0.141. The van der Waals surface area contributed by atoms with Crippen molar-refractivity contribution in [3.8, 4) is 0 Å². The second-order valence-electron chi connectivity index (χ2n) is 5.03. The Morgan fingerprint density at radius 3 is 2.85 bits per heavy atom. The van der Waals surface area contributed by atoms with E-state index in [2.05, 4.69) is 10.3 Å². The number of carboxylic acids is 1. The van der Waals surface area contributed by atoms with Gasteiger partial charge in [-0.1, -0.05) is 19.1 Å². The number of carbonyl (C=O) groups is 2. The summed E-state index contributed by atoms with van der Waals surface area (Å²) in [5, 5.41) is 12.5. The molecule has 3 N–H and O–H groups in total. The van der Waals surface area contributed by atoms with E-state index in [1.807, 2.05) is 31.3 Å². The third-order valence-electron chi connectivity index (χ3n) is 3.37. The predicted octanol–water partition coefficient (Wildman–Crippen LogP) is 1.86. The second-order valence-corrected chi connectivity index (χ2v) is 5.03. The van der Waals surface area contributed by atoms with E-state index >= 15 is 0 Å². The van der Waals surface area contributed by atoms with E-state index in [1.54, 1.807) is 6.92 Å². The van der Waals surface area contributed by atoms with E-state index in [1.165, 1.54) is 0 Å². The van der Waals surface area contributed by atoms with Crippen molar-refractivity contribution in [3.63, 3.8) is 0 Å². The van der Waals surface area contributed by atoms with E-state index in [0.717, 1.165) is 22.0 Å². The smallest absolute Gasteiger partial charge is 0.308 e. The topological polar surface area (TPSA) is 82.2 Å². The van der Waals surface area contributed by atoms with E-state index in [4.69, 9.17) is 5.11 Å². The zero-order chi connectivity index (χ0) is 14.7. The Labute approximate surface area is 117 Å². The normalized spacial score (nSPS) is 12.3. The highest BCUT2D eigenvalue weighted by Gasteiger charge is 2.14. The number of rotatable bonds is 5. The molecule has 1 atom stereocenters. The minimum absolute atomic E-state index is 0.148. The molecule has 1 aromatic carbocycles. The molecule has 0 bridgehead atoms. The molecule has 1 unspecified atom stereocenters. The zero-order valence-corrected chi connectivity index (χ0v) is 11.6. The first-order chi connectivity index (χ1) is 9.49. The van der Waals surface area contributed by atoms with E-state index in [0.29, 0.717) is 0 Å². The first-order valence-corrected chi connectivity index (χ1v) is 6.54. The Kier molecular flexibility index (Phi) is 4.08. The van der Waals surface area contributed by atoms with Gasteiger partial charge in [-0.05, 0) is 24.1 Å². The fourth-order valence-electron chi connectivity index (χ4n) is 2.18. The van der Waals surface area contributed by atoms with Gasteiger partial charge in [0.15, 0.2) is 0 Å². The molecule has 20 heavy (non-hydrogen) atoms. The maximum Gasteiger partial charge on any atom is 0.308 e. The van der Waals surface area contributed by atoms with Crippen LogP contribution in [0.25, 0.3) is 10.9 Å². The van der Waals surface area contributed by atoms with Crippen molar-refractivity contribution in [3.05, 3.63) is 35.5 Å². The Morgan fingerprint density at radius 1 is 1.40 bits per heavy atom. The SMILES string of the molecule is Cc1cccc2[nH]cc(CC(=O)NCC(C)C(=O)O)c12. The summed E-state index contributed by atoms with van der Waals surface area (Å²) in [5.41, 5.74) is 3.05. The Balaban J connectivity index is 2.05. The number of aliphatic carboxylic acids is 1. The van der Waals surface area contributed by atoms with Gasteiger partial charge in [-0.15, -0.1) is 0 Å². The molecule has 2 rings (SSSR count). The molecule has 106 valence electrons. The molecule has 5 heteroatoms. The van der Waals surface area contributed by atoms with Crippen LogP contribution in [-0.4, -0.2) is 28.5 Å². The summed E-state index contributed by atoms with van der Waals surface area (Å²) in [6.45, 7) is 3.72. The molecular weight excluding hydrogens is 256 g/mol. The number of hydrogen-bond acceptors (Lipinski definition) is 2. The lowest BCUT2D eigenvalue weighted by Gasteiger charge is -2.08. The van der Waals surface area contributed by atoms with Crippen LogP contribution >= 0.6 is 0 Å². The van der Waals surface area contributed by atoms with Crippen LogP contribution in [0.1, 0.15) is 18.1 Å². The van der Waals surface area contributed by atoms with Crippen LogP contribution < -0.4 is 5.32 Å². The Hall–Kier alpha value is -2.30. The van der Waals surface area contributed by atoms with E-state index in [9.17, 15) is 9.59 Å². The fraction of sp³-hybridized carbons (Fsp3) is 0.333. The molecule has 0 spiro atoms. The number of nitrogens with one attached hydrogen (secondary N) is 2. The van der Waals surface area contributed by atoms with Crippen LogP contribution in [0.4, 0.5) is 0 Å². The molecule has 2 aromatic rings. The molecule has 0 aliphatic rings. The molecule has 0 fully saturated rings. The Bertz CT molecular complexity index is 646. The zero-order valence-electron chi connectivity index (χ0n) is 11.6. The van der Waals surface area contributed by atoms with Gasteiger partial charge in [-0.2, -0.15) is 0 Å². The van der Waals surface area contributed by atoms with Gasteiger partial charge >= 0.3 is 5.97 Å². The maximum atomic E-state index is 11.9. The average Bonchev–Trinajstić information content (AvgIpc) is 2.80. The molecule has 0 aliphatic carbocycles. The fourth-order valence-corrected chi connectivity index (χ4v) is 2.18. The molecular formula is C15H18N2O3. The summed E-state index contributed by atoms with van der Waals surface area (Å²) < 4.78 is 0. The van der Waals surface area contributed by atoms with E-state index in [-0.39, 0.29) is 18.9 Å². The number of fused-ring (bicyclic) bond motifs is 1. The van der Waals surface area contributed by atoms with Crippen molar-refractivity contribution in [2.75, 3.05) is 6.54 Å². The van der Waals surface area contributed by atoms with Crippen LogP contribution in [0.3, 0.4) is 0 Å². The van der Waals surface area contributed by atoms with Gasteiger partial charge in [-0.25, -0.2) is 0 Å². The molecule has 1 aromatic heterocycles.